The number of hydrogen-bond donors (Lipinski definition) is 2. The first-order chi connectivity index (χ1) is 24.8. The van der Waals surface area contributed by atoms with Crippen molar-refractivity contribution in [3.05, 3.63) is 154 Å². The summed E-state index contributed by atoms with van der Waals surface area (Å²) >= 11 is 0. The second-order valence-electron chi connectivity index (χ2n) is 12.7. The molecule has 0 saturated carbocycles. The fourth-order valence-corrected chi connectivity index (χ4v) is 6.69. The van der Waals surface area contributed by atoms with Gasteiger partial charge in [-0.05, 0) is 53.9 Å². The van der Waals surface area contributed by atoms with E-state index in [4.69, 9.17) is 4.74 Å². The number of allylic oxidation sites excluding steroid dienone is 1. The van der Waals surface area contributed by atoms with Crippen LogP contribution < -0.4 is 15.2 Å². The van der Waals surface area contributed by atoms with Gasteiger partial charge >= 0.3 is 0 Å². The van der Waals surface area contributed by atoms with E-state index >= 15 is 0 Å². The number of carbonyl (C=O) groups is 1. The molecule has 11 nitrogen and oxygen atoms in total. The number of aliphatic hydroxyl groups excluding tert-OH is 1. The maximum absolute atomic E-state index is 14.2. The Kier molecular flexibility index (Phi) is 9.31. The van der Waals surface area contributed by atoms with Crippen molar-refractivity contribution in [2.24, 2.45) is 5.92 Å². The van der Waals surface area contributed by atoms with Crippen LogP contribution in [0.3, 0.4) is 0 Å². The number of aromatic nitrogens is 5. The van der Waals surface area contributed by atoms with Crippen LogP contribution in [0.5, 0.6) is 5.75 Å². The highest BCUT2D eigenvalue weighted by Crippen LogP contribution is 2.47. The zero-order valence-electron chi connectivity index (χ0n) is 28.3. The summed E-state index contributed by atoms with van der Waals surface area (Å²) in [6, 6.07) is 29.6. The van der Waals surface area contributed by atoms with Crippen molar-refractivity contribution in [2.75, 3.05) is 18.6 Å². The number of fused-ring (bicyclic) bond motifs is 2. The zero-order chi connectivity index (χ0) is 35.5. The number of methoxy groups -OCH3 is 1. The summed E-state index contributed by atoms with van der Waals surface area (Å²) in [5.41, 5.74) is 2.12. The number of aliphatic hydroxyl groups is 2. The smallest absolute Gasteiger partial charge is 0.279 e. The van der Waals surface area contributed by atoms with E-state index in [1.807, 2.05) is 85.9 Å². The van der Waals surface area contributed by atoms with E-state index in [9.17, 15) is 19.8 Å². The largest absolute Gasteiger partial charge is 0.497 e. The quantitative estimate of drug-likeness (QED) is 0.170. The average Bonchev–Trinajstić information content (AvgIpc) is 3.72. The molecule has 1 aliphatic rings. The van der Waals surface area contributed by atoms with Gasteiger partial charge in [0.15, 0.2) is 5.60 Å². The number of nitrogens with zero attached hydrogens (tertiary/aromatic N) is 6. The number of benzene rings is 4. The van der Waals surface area contributed by atoms with Crippen LogP contribution in [-0.4, -0.2) is 54.6 Å². The van der Waals surface area contributed by atoms with E-state index in [0.29, 0.717) is 46.7 Å². The topological polar surface area (TPSA) is 136 Å². The summed E-state index contributed by atoms with van der Waals surface area (Å²) < 4.78 is 8.56. The first-order valence-corrected chi connectivity index (χ1v) is 16.8. The van der Waals surface area contributed by atoms with E-state index in [-0.39, 0.29) is 24.6 Å². The molecule has 0 radical (unpaired) electrons. The first-order valence-electron chi connectivity index (χ1n) is 16.8. The van der Waals surface area contributed by atoms with Crippen molar-refractivity contribution in [2.45, 2.75) is 38.0 Å². The van der Waals surface area contributed by atoms with Gasteiger partial charge in [-0.1, -0.05) is 85.0 Å². The fraction of sp³-hybridized carbons (Fsp3) is 0.225. The molecule has 258 valence electrons. The standard InChI is InChI=1S/C40H38N6O5/c1-27(10-8-9-21-44-25-36(42-43-44)34(26-47)29-11-4-3-5-12-29)40(50)35-22-32(51-2)19-20-37(35)45(39(40)49)24-28-15-17-31(18-16-28)46-38(48)33-14-7-6-13-30(33)23-41-46/h3-8,10-20,22-23,25,27,34,47,50H,9,21,24,26H2,1-2H3/b10-8+/t27-,34?,40+/m0/s1. The molecule has 51 heavy (non-hydrogen) atoms. The van der Waals surface area contributed by atoms with Crippen molar-refractivity contribution in [1.29, 1.82) is 0 Å². The third kappa shape index (κ3) is 6.33. The van der Waals surface area contributed by atoms with Crippen LogP contribution in [0, 0.1) is 5.92 Å². The van der Waals surface area contributed by atoms with Crippen LogP contribution in [0.15, 0.2) is 126 Å². The Labute approximate surface area is 294 Å². The molecule has 3 heterocycles. The summed E-state index contributed by atoms with van der Waals surface area (Å²) in [5, 5.41) is 36.4. The van der Waals surface area contributed by atoms with Crippen molar-refractivity contribution < 1.29 is 19.7 Å². The van der Waals surface area contributed by atoms with Gasteiger partial charge in [0.2, 0.25) is 0 Å². The van der Waals surface area contributed by atoms with Crippen molar-refractivity contribution >= 4 is 22.4 Å². The van der Waals surface area contributed by atoms with Gasteiger partial charge in [0.05, 0.1) is 54.8 Å². The van der Waals surface area contributed by atoms with Gasteiger partial charge in [-0.2, -0.15) is 9.78 Å². The molecular formula is C40H38N6O5. The van der Waals surface area contributed by atoms with Crippen molar-refractivity contribution in [3.8, 4) is 11.4 Å². The van der Waals surface area contributed by atoms with Gasteiger partial charge in [-0.25, -0.2) is 0 Å². The number of ether oxygens (including phenoxy) is 1. The van der Waals surface area contributed by atoms with E-state index in [2.05, 4.69) is 15.4 Å². The molecule has 0 fully saturated rings. The number of aryl methyl sites for hydroxylation is 1. The number of hydrogen-bond acceptors (Lipinski definition) is 8. The number of amides is 1. The van der Waals surface area contributed by atoms with Crippen LogP contribution in [0.2, 0.25) is 0 Å². The molecule has 0 saturated heterocycles. The molecule has 3 atom stereocenters. The van der Waals surface area contributed by atoms with Gasteiger partial charge in [0, 0.05) is 29.6 Å². The van der Waals surface area contributed by atoms with E-state index in [1.165, 1.54) is 4.68 Å². The number of carbonyl (C=O) groups excluding carboxylic acids is 1. The minimum absolute atomic E-state index is 0.0779. The molecule has 1 amide bonds. The SMILES string of the molecule is COc1ccc2c(c1)[C@](O)([C@@H](C)/C=C/CCn1cc(C(CO)c3ccccc3)nn1)C(=O)N2Cc1ccc(-n2ncc3ccccc3c2=O)cc1. The van der Waals surface area contributed by atoms with Gasteiger partial charge in [0.25, 0.3) is 11.5 Å². The molecule has 2 aromatic heterocycles. The van der Waals surface area contributed by atoms with Crippen molar-refractivity contribution in [1.82, 2.24) is 24.8 Å². The molecule has 0 aliphatic carbocycles. The first kappa shape index (κ1) is 33.6. The Morgan fingerprint density at radius 2 is 1.73 bits per heavy atom. The third-order valence-corrected chi connectivity index (χ3v) is 9.60. The zero-order valence-corrected chi connectivity index (χ0v) is 28.3. The van der Waals surface area contributed by atoms with E-state index in [1.54, 1.807) is 59.3 Å². The Morgan fingerprint density at radius 1 is 0.961 bits per heavy atom. The molecule has 6 aromatic rings. The fourth-order valence-electron chi connectivity index (χ4n) is 6.69. The summed E-state index contributed by atoms with van der Waals surface area (Å²) in [6.45, 7) is 2.49. The summed E-state index contributed by atoms with van der Waals surface area (Å²) in [6.07, 6.45) is 7.87. The molecule has 0 spiro atoms. The Hall–Kier alpha value is -5.91. The molecule has 4 aromatic carbocycles. The maximum Gasteiger partial charge on any atom is 0.279 e. The lowest BCUT2D eigenvalue weighted by atomic mass is 9.83. The lowest BCUT2D eigenvalue weighted by Gasteiger charge is -2.28. The van der Waals surface area contributed by atoms with Crippen LogP contribution in [-0.2, 0) is 23.5 Å². The Bertz CT molecular complexity index is 2270. The van der Waals surface area contributed by atoms with Gasteiger partial charge in [0.1, 0.15) is 5.75 Å². The van der Waals surface area contributed by atoms with Crippen LogP contribution in [0.1, 0.15) is 41.6 Å². The predicted molar refractivity (Wildman–Crippen MR) is 194 cm³/mol. The summed E-state index contributed by atoms with van der Waals surface area (Å²) in [5.74, 6) is -0.731. The highest BCUT2D eigenvalue weighted by Gasteiger charge is 2.52. The molecule has 0 bridgehead atoms. The second-order valence-corrected chi connectivity index (χ2v) is 12.7. The Morgan fingerprint density at radius 3 is 2.49 bits per heavy atom. The summed E-state index contributed by atoms with van der Waals surface area (Å²) in [7, 11) is 1.55. The molecule has 7 rings (SSSR count). The molecule has 1 unspecified atom stereocenters. The second kappa shape index (κ2) is 14.1. The highest BCUT2D eigenvalue weighted by atomic mass is 16.5. The van der Waals surface area contributed by atoms with E-state index in [0.717, 1.165) is 16.5 Å². The maximum atomic E-state index is 14.2. The average molecular weight is 683 g/mol. The monoisotopic (exact) mass is 682 g/mol. The lowest BCUT2D eigenvalue weighted by Crippen LogP contribution is -2.44. The Balaban J connectivity index is 1.07. The third-order valence-electron chi connectivity index (χ3n) is 9.60. The molecule has 2 N–H and O–H groups in total. The van der Waals surface area contributed by atoms with Gasteiger partial charge in [-0.15, -0.1) is 5.10 Å². The van der Waals surface area contributed by atoms with Crippen LogP contribution in [0.25, 0.3) is 16.5 Å². The van der Waals surface area contributed by atoms with E-state index < -0.39 is 17.4 Å². The minimum atomic E-state index is -1.83. The number of rotatable bonds is 12. The molecule has 11 heteroatoms. The van der Waals surface area contributed by atoms with Gasteiger partial charge < -0.3 is 19.8 Å². The van der Waals surface area contributed by atoms with Crippen LogP contribution >= 0.6 is 0 Å². The molecule has 1 aliphatic heterocycles. The highest BCUT2D eigenvalue weighted by molar-refractivity contribution is 6.07. The number of anilines is 1. The normalized spacial score (nSPS) is 16.9. The van der Waals surface area contributed by atoms with Gasteiger partial charge in [-0.3, -0.25) is 14.3 Å². The summed E-state index contributed by atoms with van der Waals surface area (Å²) in [4.78, 5) is 28.9. The predicted octanol–water partition coefficient (Wildman–Crippen LogP) is 5.13. The van der Waals surface area contributed by atoms with Crippen LogP contribution in [0.4, 0.5) is 5.69 Å². The van der Waals surface area contributed by atoms with Crippen molar-refractivity contribution in [3.63, 3.8) is 0 Å². The minimum Gasteiger partial charge on any atom is -0.497 e. The lowest BCUT2D eigenvalue weighted by molar-refractivity contribution is -0.139. The molecular weight excluding hydrogens is 644 g/mol.